The maximum absolute atomic E-state index is 13.2. The smallest absolute Gasteiger partial charge is 0.337 e. The number of carbonyl (C=O) groups is 2. The maximum Gasteiger partial charge on any atom is 0.337 e. The van der Waals surface area contributed by atoms with Gasteiger partial charge in [0.05, 0.1) is 30.1 Å². The molecule has 0 bridgehead atoms. The first kappa shape index (κ1) is 26.1. The van der Waals surface area contributed by atoms with Crippen molar-refractivity contribution in [1.29, 1.82) is 0 Å². The van der Waals surface area contributed by atoms with Gasteiger partial charge in [0.1, 0.15) is 18.1 Å². The van der Waals surface area contributed by atoms with Crippen LogP contribution in [0.5, 0.6) is 5.75 Å². The Balaban J connectivity index is 1.30. The zero-order chi connectivity index (χ0) is 27.7. The number of rotatable bonds is 9. The number of methoxy groups -OCH3 is 1. The summed E-state index contributed by atoms with van der Waals surface area (Å²) in [5.74, 6) is -0.180. The van der Waals surface area contributed by atoms with Gasteiger partial charge in [0.25, 0.3) is 5.91 Å². The van der Waals surface area contributed by atoms with Crippen LogP contribution in [-0.2, 0) is 11.3 Å². The Morgan fingerprint density at radius 1 is 0.875 bits per heavy atom. The molecule has 0 fully saturated rings. The Kier molecular flexibility index (Phi) is 8.07. The molecule has 198 valence electrons. The number of hydrazone groups is 1. The van der Waals surface area contributed by atoms with Crippen LogP contribution in [0.25, 0.3) is 16.9 Å². The summed E-state index contributed by atoms with van der Waals surface area (Å²) < 4.78 is 12.4. The van der Waals surface area contributed by atoms with Gasteiger partial charge in [-0.1, -0.05) is 72.8 Å². The van der Waals surface area contributed by atoms with Crippen molar-refractivity contribution in [3.05, 3.63) is 138 Å². The highest BCUT2D eigenvalue weighted by atomic mass is 16.5. The first-order valence-corrected chi connectivity index (χ1v) is 12.6. The average Bonchev–Trinajstić information content (AvgIpc) is 3.47. The van der Waals surface area contributed by atoms with Crippen LogP contribution in [0.2, 0.25) is 0 Å². The number of esters is 1. The van der Waals surface area contributed by atoms with Crippen molar-refractivity contribution in [3.63, 3.8) is 0 Å². The van der Waals surface area contributed by atoms with Crippen molar-refractivity contribution >= 4 is 18.1 Å². The molecule has 0 aliphatic carbocycles. The molecule has 5 rings (SSSR count). The summed E-state index contributed by atoms with van der Waals surface area (Å²) in [5, 5.41) is 8.88. The second kappa shape index (κ2) is 12.4. The molecule has 0 spiro atoms. The number of aromatic nitrogens is 2. The molecule has 1 aromatic heterocycles. The molecule has 8 nitrogen and oxygen atoms in total. The molecule has 8 heteroatoms. The lowest BCUT2D eigenvalue weighted by atomic mass is 10.1. The summed E-state index contributed by atoms with van der Waals surface area (Å²) in [6, 6.07) is 33.5. The number of para-hydroxylation sites is 2. The first-order valence-electron chi connectivity index (χ1n) is 12.6. The number of ether oxygens (including phenoxy) is 2. The number of hydrogen-bond donors (Lipinski definition) is 1. The van der Waals surface area contributed by atoms with Crippen molar-refractivity contribution < 1.29 is 19.1 Å². The van der Waals surface area contributed by atoms with E-state index < -0.39 is 0 Å². The van der Waals surface area contributed by atoms with Crippen LogP contribution in [0.3, 0.4) is 0 Å². The molecule has 5 aromatic rings. The SMILES string of the molecule is COC(=O)c1ccc(COc2ccccc2/C=N\NC(=O)c2cn(-c3ccccc3)nc2-c2ccccc2)cc1. The summed E-state index contributed by atoms with van der Waals surface area (Å²) in [6.07, 6.45) is 3.24. The maximum atomic E-state index is 13.2. The van der Waals surface area contributed by atoms with Crippen LogP contribution in [0.4, 0.5) is 0 Å². The Labute approximate surface area is 231 Å². The molecular formula is C32H26N4O4. The molecule has 0 aliphatic heterocycles. The number of carbonyl (C=O) groups excluding carboxylic acids is 2. The van der Waals surface area contributed by atoms with Crippen molar-refractivity contribution in [2.75, 3.05) is 7.11 Å². The van der Waals surface area contributed by atoms with Crippen LogP contribution >= 0.6 is 0 Å². The zero-order valence-corrected chi connectivity index (χ0v) is 21.7. The van der Waals surface area contributed by atoms with Crippen molar-refractivity contribution in [2.45, 2.75) is 6.61 Å². The summed E-state index contributed by atoms with van der Waals surface area (Å²) in [5.41, 5.74) is 7.29. The lowest BCUT2D eigenvalue weighted by molar-refractivity contribution is 0.0600. The van der Waals surface area contributed by atoms with Crippen LogP contribution in [0, 0.1) is 0 Å². The van der Waals surface area contributed by atoms with Crippen molar-refractivity contribution in [1.82, 2.24) is 15.2 Å². The minimum Gasteiger partial charge on any atom is -0.488 e. The van der Waals surface area contributed by atoms with Crippen molar-refractivity contribution in [2.24, 2.45) is 5.10 Å². The highest BCUT2D eigenvalue weighted by Crippen LogP contribution is 2.24. The fraction of sp³-hybridized carbons (Fsp3) is 0.0625. The molecule has 0 unspecified atom stereocenters. The molecule has 4 aromatic carbocycles. The molecule has 0 radical (unpaired) electrons. The number of nitrogens with zero attached hydrogens (tertiary/aromatic N) is 3. The minimum atomic E-state index is -0.389. The predicted molar refractivity (Wildman–Crippen MR) is 153 cm³/mol. The third-order valence-electron chi connectivity index (χ3n) is 6.08. The van der Waals surface area contributed by atoms with E-state index >= 15 is 0 Å². The number of benzene rings is 4. The van der Waals surface area contributed by atoms with Gasteiger partial charge in [0.15, 0.2) is 0 Å². The largest absolute Gasteiger partial charge is 0.488 e. The Bertz CT molecular complexity index is 1630. The quantitative estimate of drug-likeness (QED) is 0.151. The zero-order valence-electron chi connectivity index (χ0n) is 21.7. The van der Waals surface area contributed by atoms with E-state index in [-0.39, 0.29) is 18.5 Å². The Morgan fingerprint density at radius 2 is 1.55 bits per heavy atom. The van der Waals surface area contributed by atoms with Gasteiger partial charge in [0.2, 0.25) is 0 Å². The third-order valence-corrected chi connectivity index (χ3v) is 6.08. The third kappa shape index (κ3) is 6.14. The summed E-state index contributed by atoms with van der Waals surface area (Å²) in [7, 11) is 1.35. The number of nitrogens with one attached hydrogen (secondary N) is 1. The summed E-state index contributed by atoms with van der Waals surface area (Å²) in [4.78, 5) is 24.9. The van der Waals surface area contributed by atoms with E-state index in [2.05, 4.69) is 15.6 Å². The van der Waals surface area contributed by atoms with Gasteiger partial charge in [-0.05, 0) is 42.0 Å². The first-order chi connectivity index (χ1) is 19.6. The molecule has 1 amide bonds. The molecule has 40 heavy (non-hydrogen) atoms. The van der Waals surface area contributed by atoms with Gasteiger partial charge < -0.3 is 9.47 Å². The normalized spacial score (nSPS) is 10.8. The van der Waals surface area contributed by atoms with Crippen molar-refractivity contribution in [3.8, 4) is 22.7 Å². The molecule has 1 heterocycles. The molecule has 0 saturated heterocycles. The van der Waals surface area contributed by atoms with Gasteiger partial charge in [0, 0.05) is 17.3 Å². The van der Waals surface area contributed by atoms with E-state index in [0.29, 0.717) is 28.1 Å². The topological polar surface area (TPSA) is 94.8 Å². The van der Waals surface area contributed by atoms with Crippen LogP contribution in [0.1, 0.15) is 31.8 Å². The van der Waals surface area contributed by atoms with E-state index in [1.807, 2.05) is 97.1 Å². The predicted octanol–water partition coefficient (Wildman–Crippen LogP) is 5.67. The van der Waals surface area contributed by atoms with E-state index in [0.717, 1.165) is 16.8 Å². The molecule has 0 aliphatic rings. The van der Waals surface area contributed by atoms with Crippen LogP contribution in [-0.4, -0.2) is 35.0 Å². The monoisotopic (exact) mass is 530 g/mol. The average molecular weight is 531 g/mol. The molecule has 0 atom stereocenters. The van der Waals surface area contributed by atoms with Crippen LogP contribution < -0.4 is 10.2 Å². The highest BCUT2D eigenvalue weighted by Gasteiger charge is 2.18. The number of hydrogen-bond acceptors (Lipinski definition) is 6. The van der Waals surface area contributed by atoms with Gasteiger partial charge in [-0.3, -0.25) is 4.79 Å². The van der Waals surface area contributed by atoms with Gasteiger partial charge >= 0.3 is 5.97 Å². The van der Waals surface area contributed by atoms with Gasteiger partial charge in [-0.15, -0.1) is 0 Å². The van der Waals surface area contributed by atoms with E-state index in [1.54, 1.807) is 23.0 Å². The lowest BCUT2D eigenvalue weighted by Gasteiger charge is -2.09. The molecular weight excluding hydrogens is 504 g/mol. The number of amides is 1. The molecule has 0 saturated carbocycles. The Hall–Kier alpha value is -5.50. The van der Waals surface area contributed by atoms with Crippen LogP contribution in [0.15, 0.2) is 120 Å². The van der Waals surface area contributed by atoms with Gasteiger partial charge in [-0.25, -0.2) is 14.9 Å². The summed E-state index contributed by atoms with van der Waals surface area (Å²) in [6.45, 7) is 0.289. The van der Waals surface area contributed by atoms with E-state index in [9.17, 15) is 9.59 Å². The fourth-order valence-corrected chi connectivity index (χ4v) is 4.02. The van der Waals surface area contributed by atoms with E-state index in [4.69, 9.17) is 9.47 Å². The highest BCUT2D eigenvalue weighted by molar-refractivity contribution is 6.00. The Morgan fingerprint density at radius 3 is 2.27 bits per heavy atom. The second-order valence-corrected chi connectivity index (χ2v) is 8.75. The second-order valence-electron chi connectivity index (χ2n) is 8.75. The minimum absolute atomic E-state index is 0.289. The van der Waals surface area contributed by atoms with E-state index in [1.165, 1.54) is 13.3 Å². The standard InChI is InChI=1S/C32H26N4O4/c1-39-32(38)25-18-16-23(17-19-25)22-40-29-15-9-8-12-26(29)20-33-34-31(37)28-21-36(27-13-6-3-7-14-27)35-30(28)24-10-4-2-5-11-24/h2-21H,22H2,1H3,(H,34,37)/b33-20-. The van der Waals surface area contributed by atoms with Gasteiger partial charge in [-0.2, -0.15) is 10.2 Å². The summed E-state index contributed by atoms with van der Waals surface area (Å²) >= 11 is 0. The molecule has 1 N–H and O–H groups in total. The fourth-order valence-electron chi connectivity index (χ4n) is 4.02. The lowest BCUT2D eigenvalue weighted by Crippen LogP contribution is -2.18.